The van der Waals surface area contributed by atoms with Gasteiger partial charge in [0, 0.05) is 6.54 Å². The van der Waals surface area contributed by atoms with Crippen LogP contribution in [0.5, 0.6) is 5.75 Å². The molecule has 2 aromatic rings. The first-order valence-electron chi connectivity index (χ1n) is 7.96. The van der Waals surface area contributed by atoms with E-state index >= 15 is 0 Å². The highest BCUT2D eigenvalue weighted by atomic mass is 19.4. The van der Waals surface area contributed by atoms with Crippen molar-refractivity contribution in [3.63, 3.8) is 0 Å². The van der Waals surface area contributed by atoms with Gasteiger partial charge in [-0.05, 0) is 42.3 Å². The molecule has 1 heterocycles. The van der Waals surface area contributed by atoms with Gasteiger partial charge in [-0.1, -0.05) is 18.2 Å². The summed E-state index contributed by atoms with van der Waals surface area (Å²) >= 11 is 0. The summed E-state index contributed by atoms with van der Waals surface area (Å²) in [6.07, 6.45) is -4.09. The average molecular weight is 368 g/mol. The highest BCUT2D eigenvalue weighted by Crippen LogP contribution is 2.35. The lowest BCUT2D eigenvalue weighted by Gasteiger charge is -2.19. The summed E-state index contributed by atoms with van der Waals surface area (Å²) in [6, 6.07) is 7.74. The second-order valence-corrected chi connectivity index (χ2v) is 5.82. The number of anilines is 1. The standard InChI is InChI=1S/C18H16F4N2O2/c19-17-12-7-8-23-9-11(12)5-6-14(17)24-16(25)10-26-15-4-2-1-3-13(15)18(20,21)22/h1-6,23H,7-10H2,(H,24,25). The zero-order chi connectivity index (χ0) is 18.7. The number of carbonyl (C=O) groups excluding carboxylic acids is 1. The molecule has 4 nitrogen and oxygen atoms in total. The van der Waals surface area contributed by atoms with Crippen molar-refractivity contribution in [2.45, 2.75) is 19.1 Å². The first-order valence-corrected chi connectivity index (χ1v) is 7.96. The van der Waals surface area contributed by atoms with Crippen molar-refractivity contribution in [3.05, 3.63) is 58.9 Å². The van der Waals surface area contributed by atoms with Crippen LogP contribution in [0.15, 0.2) is 36.4 Å². The Morgan fingerprint density at radius 2 is 1.96 bits per heavy atom. The smallest absolute Gasteiger partial charge is 0.419 e. The van der Waals surface area contributed by atoms with E-state index in [0.29, 0.717) is 25.1 Å². The number of hydrogen-bond donors (Lipinski definition) is 2. The van der Waals surface area contributed by atoms with Gasteiger partial charge in [-0.15, -0.1) is 0 Å². The van der Waals surface area contributed by atoms with Gasteiger partial charge in [0.2, 0.25) is 0 Å². The second-order valence-electron chi connectivity index (χ2n) is 5.82. The maximum absolute atomic E-state index is 14.5. The Balaban J connectivity index is 1.68. The summed E-state index contributed by atoms with van der Waals surface area (Å²) in [5, 5.41) is 5.47. The Morgan fingerprint density at radius 1 is 1.19 bits per heavy atom. The van der Waals surface area contributed by atoms with Crippen molar-refractivity contribution >= 4 is 11.6 Å². The fraction of sp³-hybridized carbons (Fsp3) is 0.278. The number of nitrogens with one attached hydrogen (secondary N) is 2. The lowest BCUT2D eigenvalue weighted by Crippen LogP contribution is -2.26. The van der Waals surface area contributed by atoms with Gasteiger partial charge in [0.25, 0.3) is 5.91 Å². The fourth-order valence-corrected chi connectivity index (χ4v) is 2.79. The highest BCUT2D eigenvalue weighted by molar-refractivity contribution is 5.92. The van der Waals surface area contributed by atoms with E-state index in [0.717, 1.165) is 17.7 Å². The molecule has 1 aliphatic rings. The molecule has 3 rings (SSSR count). The number of para-hydroxylation sites is 1. The molecule has 0 unspecified atom stereocenters. The zero-order valence-electron chi connectivity index (χ0n) is 13.6. The molecule has 0 aromatic heterocycles. The van der Waals surface area contributed by atoms with Crippen LogP contribution in [0.1, 0.15) is 16.7 Å². The third-order valence-electron chi connectivity index (χ3n) is 4.03. The number of halogens is 4. The normalized spacial score (nSPS) is 13.8. The van der Waals surface area contributed by atoms with E-state index in [1.807, 2.05) is 0 Å². The van der Waals surface area contributed by atoms with Crippen LogP contribution in [0.4, 0.5) is 23.2 Å². The fourth-order valence-electron chi connectivity index (χ4n) is 2.79. The molecule has 0 saturated heterocycles. The third-order valence-corrected chi connectivity index (χ3v) is 4.03. The number of hydrogen-bond acceptors (Lipinski definition) is 3. The molecule has 1 amide bonds. The van der Waals surface area contributed by atoms with Crippen LogP contribution in [0, 0.1) is 5.82 Å². The lowest BCUT2D eigenvalue weighted by molar-refractivity contribution is -0.139. The minimum atomic E-state index is -4.59. The van der Waals surface area contributed by atoms with Crippen molar-refractivity contribution < 1.29 is 27.1 Å². The van der Waals surface area contributed by atoms with Crippen molar-refractivity contribution in [2.24, 2.45) is 0 Å². The molecule has 0 radical (unpaired) electrons. The lowest BCUT2D eigenvalue weighted by atomic mass is 9.99. The van der Waals surface area contributed by atoms with Crippen LogP contribution in [0.25, 0.3) is 0 Å². The first-order chi connectivity index (χ1) is 12.4. The van der Waals surface area contributed by atoms with Crippen molar-refractivity contribution in [3.8, 4) is 5.75 Å². The topological polar surface area (TPSA) is 50.4 Å². The SMILES string of the molecule is O=C(COc1ccccc1C(F)(F)F)Nc1ccc2c(c1F)CCNC2. The molecule has 0 atom stereocenters. The Morgan fingerprint density at radius 3 is 2.73 bits per heavy atom. The molecule has 0 spiro atoms. The predicted octanol–water partition coefficient (Wildman–Crippen LogP) is 3.51. The summed E-state index contributed by atoms with van der Waals surface area (Å²) in [4.78, 5) is 12.0. The molecular weight excluding hydrogens is 352 g/mol. The predicted molar refractivity (Wildman–Crippen MR) is 87.4 cm³/mol. The van der Waals surface area contributed by atoms with Crippen LogP contribution in [0.2, 0.25) is 0 Å². The highest BCUT2D eigenvalue weighted by Gasteiger charge is 2.34. The molecule has 1 aliphatic heterocycles. The molecule has 2 aromatic carbocycles. The quantitative estimate of drug-likeness (QED) is 0.812. The number of amides is 1. The molecular formula is C18H16F4N2O2. The first kappa shape index (κ1) is 18.2. The van der Waals surface area contributed by atoms with Gasteiger partial charge in [0.05, 0.1) is 11.3 Å². The monoisotopic (exact) mass is 368 g/mol. The van der Waals surface area contributed by atoms with E-state index in [4.69, 9.17) is 4.74 Å². The van der Waals surface area contributed by atoms with Crippen LogP contribution < -0.4 is 15.4 Å². The Hall–Kier alpha value is -2.61. The van der Waals surface area contributed by atoms with Crippen molar-refractivity contribution in [1.29, 1.82) is 0 Å². The van der Waals surface area contributed by atoms with Gasteiger partial charge < -0.3 is 15.4 Å². The number of ether oxygens (including phenoxy) is 1. The molecule has 0 aliphatic carbocycles. The van der Waals surface area contributed by atoms with E-state index in [-0.39, 0.29) is 5.69 Å². The van der Waals surface area contributed by atoms with E-state index in [9.17, 15) is 22.4 Å². The maximum Gasteiger partial charge on any atom is 0.419 e. The summed E-state index contributed by atoms with van der Waals surface area (Å²) in [5.74, 6) is -1.71. The largest absolute Gasteiger partial charge is 0.483 e. The van der Waals surface area contributed by atoms with E-state index in [1.165, 1.54) is 18.2 Å². The van der Waals surface area contributed by atoms with Crippen molar-refractivity contribution in [1.82, 2.24) is 5.32 Å². The van der Waals surface area contributed by atoms with E-state index < -0.39 is 35.8 Å². The van der Waals surface area contributed by atoms with Crippen LogP contribution in [0.3, 0.4) is 0 Å². The Bertz CT molecular complexity index is 821. The number of alkyl halides is 3. The second kappa shape index (κ2) is 7.33. The summed E-state index contributed by atoms with van der Waals surface area (Å²) in [5.41, 5.74) is 0.371. The van der Waals surface area contributed by atoms with Gasteiger partial charge in [-0.2, -0.15) is 13.2 Å². The number of rotatable bonds is 4. The Labute approximate surface area is 147 Å². The molecule has 26 heavy (non-hydrogen) atoms. The van der Waals surface area contributed by atoms with E-state index in [2.05, 4.69) is 10.6 Å². The van der Waals surface area contributed by atoms with Crippen molar-refractivity contribution in [2.75, 3.05) is 18.5 Å². The van der Waals surface area contributed by atoms with Gasteiger partial charge in [0.15, 0.2) is 6.61 Å². The number of fused-ring (bicyclic) bond motifs is 1. The minimum Gasteiger partial charge on any atom is -0.483 e. The van der Waals surface area contributed by atoms with Crippen LogP contribution >= 0.6 is 0 Å². The average Bonchev–Trinajstić information content (AvgIpc) is 2.62. The van der Waals surface area contributed by atoms with Crippen LogP contribution in [-0.2, 0) is 23.9 Å². The zero-order valence-corrected chi connectivity index (χ0v) is 13.6. The van der Waals surface area contributed by atoms with E-state index in [1.54, 1.807) is 6.07 Å². The maximum atomic E-state index is 14.5. The molecule has 0 fully saturated rings. The minimum absolute atomic E-state index is 0.0108. The van der Waals surface area contributed by atoms with Gasteiger partial charge in [-0.25, -0.2) is 4.39 Å². The summed E-state index contributed by atoms with van der Waals surface area (Å²) in [7, 11) is 0. The van der Waals surface area contributed by atoms with Gasteiger partial charge >= 0.3 is 6.18 Å². The summed E-state index contributed by atoms with van der Waals surface area (Å²) < 4.78 is 58.1. The molecule has 138 valence electrons. The molecule has 8 heteroatoms. The van der Waals surface area contributed by atoms with Gasteiger partial charge in [-0.3, -0.25) is 4.79 Å². The molecule has 0 bridgehead atoms. The molecule has 2 N–H and O–H groups in total. The molecule has 0 saturated carbocycles. The van der Waals surface area contributed by atoms with Crippen LogP contribution in [-0.4, -0.2) is 19.1 Å². The number of benzene rings is 2. The summed E-state index contributed by atoms with van der Waals surface area (Å²) in [6.45, 7) is 0.529. The third kappa shape index (κ3) is 3.96. The number of carbonyl (C=O) groups is 1. The van der Waals surface area contributed by atoms with Gasteiger partial charge in [0.1, 0.15) is 11.6 Å². The Kier molecular flexibility index (Phi) is 5.13.